The molecule has 0 saturated carbocycles. The van der Waals surface area contributed by atoms with Gasteiger partial charge >= 0.3 is 0 Å². The molecule has 3 saturated heterocycles. The van der Waals surface area contributed by atoms with E-state index in [1.54, 1.807) is 4.90 Å². The van der Waals surface area contributed by atoms with Crippen molar-refractivity contribution in [1.82, 2.24) is 14.7 Å². The SMILES string of the molecule is O=C1CCCN1CC(=O)N1CC[C@]2(CCCN(CCCc3ccccc3)C2)C1. The van der Waals surface area contributed by atoms with Crippen molar-refractivity contribution < 1.29 is 9.59 Å². The van der Waals surface area contributed by atoms with Crippen LogP contribution >= 0.6 is 0 Å². The predicted molar refractivity (Wildman–Crippen MR) is 110 cm³/mol. The fraction of sp³-hybridized carbons (Fsp3) is 0.652. The molecule has 2 amide bonds. The molecule has 1 aromatic rings. The minimum absolute atomic E-state index is 0.143. The van der Waals surface area contributed by atoms with Gasteiger partial charge in [0, 0.05) is 38.0 Å². The Morgan fingerprint density at radius 3 is 2.64 bits per heavy atom. The largest absolute Gasteiger partial charge is 0.341 e. The van der Waals surface area contributed by atoms with Gasteiger partial charge in [0.2, 0.25) is 11.8 Å². The van der Waals surface area contributed by atoms with Crippen LogP contribution in [-0.4, -0.2) is 72.3 Å². The summed E-state index contributed by atoms with van der Waals surface area (Å²) in [4.78, 5) is 30.9. The fourth-order valence-electron chi connectivity index (χ4n) is 5.27. The molecule has 3 heterocycles. The summed E-state index contributed by atoms with van der Waals surface area (Å²) < 4.78 is 0. The number of likely N-dealkylation sites (tertiary alicyclic amines) is 3. The van der Waals surface area contributed by atoms with Crippen LogP contribution in [0, 0.1) is 5.41 Å². The Morgan fingerprint density at radius 1 is 1.00 bits per heavy atom. The van der Waals surface area contributed by atoms with E-state index in [4.69, 9.17) is 0 Å². The van der Waals surface area contributed by atoms with Crippen LogP contribution in [0.2, 0.25) is 0 Å². The lowest BCUT2D eigenvalue weighted by atomic mass is 9.79. The number of hydrogen-bond donors (Lipinski definition) is 0. The Bertz CT molecular complexity index is 692. The summed E-state index contributed by atoms with van der Waals surface area (Å²) in [6, 6.07) is 10.7. The van der Waals surface area contributed by atoms with Crippen molar-refractivity contribution in [3.63, 3.8) is 0 Å². The number of carbonyl (C=O) groups excluding carboxylic acids is 2. The quantitative estimate of drug-likeness (QED) is 0.758. The van der Waals surface area contributed by atoms with Crippen molar-refractivity contribution in [2.24, 2.45) is 5.41 Å². The first-order valence-electron chi connectivity index (χ1n) is 11.0. The van der Waals surface area contributed by atoms with Crippen LogP contribution < -0.4 is 0 Å². The van der Waals surface area contributed by atoms with E-state index in [1.807, 2.05) is 4.90 Å². The molecule has 0 aromatic heterocycles. The van der Waals surface area contributed by atoms with E-state index < -0.39 is 0 Å². The lowest BCUT2D eigenvalue weighted by Crippen LogP contribution is -2.46. The second-order valence-corrected chi connectivity index (χ2v) is 8.95. The zero-order valence-corrected chi connectivity index (χ0v) is 16.9. The van der Waals surface area contributed by atoms with Crippen molar-refractivity contribution in [3.8, 4) is 0 Å². The molecule has 0 bridgehead atoms. The van der Waals surface area contributed by atoms with Crippen LogP contribution in [0.3, 0.4) is 0 Å². The van der Waals surface area contributed by atoms with E-state index in [2.05, 4.69) is 35.2 Å². The van der Waals surface area contributed by atoms with Crippen LogP contribution in [0.15, 0.2) is 30.3 Å². The Labute approximate surface area is 168 Å². The molecule has 5 nitrogen and oxygen atoms in total. The number of nitrogens with zero attached hydrogens (tertiary/aromatic N) is 3. The summed E-state index contributed by atoms with van der Waals surface area (Å²) >= 11 is 0. The predicted octanol–water partition coefficient (Wildman–Crippen LogP) is 2.56. The van der Waals surface area contributed by atoms with Gasteiger partial charge in [-0.25, -0.2) is 0 Å². The number of benzene rings is 1. The molecule has 1 aromatic carbocycles. The Kier molecular flexibility index (Phi) is 6.00. The van der Waals surface area contributed by atoms with Gasteiger partial charge in [0.25, 0.3) is 0 Å². The average molecular weight is 384 g/mol. The van der Waals surface area contributed by atoms with E-state index in [0.717, 1.165) is 52.0 Å². The lowest BCUT2D eigenvalue weighted by Gasteiger charge is -2.40. The van der Waals surface area contributed by atoms with Crippen LogP contribution in [-0.2, 0) is 16.0 Å². The van der Waals surface area contributed by atoms with Crippen LogP contribution in [0.25, 0.3) is 0 Å². The molecule has 5 heteroatoms. The molecule has 28 heavy (non-hydrogen) atoms. The Hall–Kier alpha value is -1.88. The van der Waals surface area contributed by atoms with Crippen molar-refractivity contribution in [2.45, 2.75) is 44.9 Å². The first-order valence-corrected chi connectivity index (χ1v) is 11.0. The van der Waals surface area contributed by atoms with Crippen molar-refractivity contribution >= 4 is 11.8 Å². The molecule has 1 atom stereocenters. The number of piperidine rings is 1. The highest BCUT2D eigenvalue weighted by atomic mass is 16.2. The zero-order valence-electron chi connectivity index (χ0n) is 16.9. The smallest absolute Gasteiger partial charge is 0.242 e. The van der Waals surface area contributed by atoms with E-state index >= 15 is 0 Å². The highest BCUT2D eigenvalue weighted by Gasteiger charge is 2.42. The second kappa shape index (κ2) is 8.64. The minimum atomic E-state index is 0.143. The minimum Gasteiger partial charge on any atom is -0.341 e. The highest BCUT2D eigenvalue weighted by Crippen LogP contribution is 2.39. The normalized spacial score (nSPS) is 25.8. The summed E-state index contributed by atoms with van der Waals surface area (Å²) in [5, 5.41) is 0. The molecule has 0 N–H and O–H groups in total. The number of amides is 2. The van der Waals surface area contributed by atoms with E-state index in [-0.39, 0.29) is 23.8 Å². The topological polar surface area (TPSA) is 43.9 Å². The summed E-state index contributed by atoms with van der Waals surface area (Å²) in [6.07, 6.45) is 7.41. The number of hydrogen-bond acceptors (Lipinski definition) is 3. The molecule has 3 fully saturated rings. The summed E-state index contributed by atoms with van der Waals surface area (Å²) in [6.45, 7) is 6.23. The van der Waals surface area contributed by atoms with Gasteiger partial charge in [-0.05, 0) is 57.2 Å². The average Bonchev–Trinajstić information content (AvgIpc) is 3.29. The molecule has 1 spiro atoms. The number of carbonyl (C=O) groups is 2. The molecular formula is C23H33N3O2. The van der Waals surface area contributed by atoms with Crippen molar-refractivity contribution in [3.05, 3.63) is 35.9 Å². The van der Waals surface area contributed by atoms with E-state index in [0.29, 0.717) is 6.42 Å². The highest BCUT2D eigenvalue weighted by molar-refractivity contribution is 5.86. The summed E-state index contributed by atoms with van der Waals surface area (Å²) in [5.74, 6) is 0.290. The zero-order chi connectivity index (χ0) is 19.4. The molecule has 3 aliphatic rings. The van der Waals surface area contributed by atoms with Crippen molar-refractivity contribution in [2.75, 3.05) is 45.8 Å². The first-order chi connectivity index (χ1) is 13.6. The Morgan fingerprint density at radius 2 is 1.86 bits per heavy atom. The van der Waals surface area contributed by atoms with Crippen LogP contribution in [0.1, 0.15) is 44.1 Å². The second-order valence-electron chi connectivity index (χ2n) is 8.95. The third-order valence-corrected chi connectivity index (χ3v) is 6.81. The number of rotatable bonds is 6. The van der Waals surface area contributed by atoms with Gasteiger partial charge in [-0.2, -0.15) is 0 Å². The van der Waals surface area contributed by atoms with Crippen LogP contribution in [0.4, 0.5) is 0 Å². The summed E-state index contributed by atoms with van der Waals surface area (Å²) in [7, 11) is 0. The standard InChI is InChI=1S/C23H33N3O2/c27-21-10-5-15-25(21)17-22(28)26-16-12-23(19-26)11-6-14-24(18-23)13-4-9-20-7-2-1-3-8-20/h1-3,7-8H,4-6,9-19H2/t23-/m0/s1. The van der Waals surface area contributed by atoms with Gasteiger partial charge in [-0.15, -0.1) is 0 Å². The maximum atomic E-state index is 12.7. The van der Waals surface area contributed by atoms with Crippen molar-refractivity contribution in [1.29, 1.82) is 0 Å². The summed E-state index contributed by atoms with van der Waals surface area (Å²) in [5.41, 5.74) is 1.69. The molecule has 152 valence electrons. The number of aryl methyl sites for hydroxylation is 1. The Balaban J connectivity index is 1.25. The third-order valence-electron chi connectivity index (χ3n) is 6.81. The van der Waals surface area contributed by atoms with Gasteiger partial charge < -0.3 is 14.7 Å². The lowest BCUT2D eigenvalue weighted by molar-refractivity contribution is -0.138. The van der Waals surface area contributed by atoms with Gasteiger partial charge in [0.15, 0.2) is 0 Å². The van der Waals surface area contributed by atoms with E-state index in [1.165, 1.54) is 31.4 Å². The maximum Gasteiger partial charge on any atom is 0.242 e. The molecule has 4 rings (SSSR count). The van der Waals surface area contributed by atoms with Gasteiger partial charge in [-0.1, -0.05) is 30.3 Å². The van der Waals surface area contributed by atoms with Gasteiger partial charge in [-0.3, -0.25) is 9.59 Å². The fourth-order valence-corrected chi connectivity index (χ4v) is 5.27. The van der Waals surface area contributed by atoms with Gasteiger partial charge in [0.05, 0.1) is 6.54 Å². The van der Waals surface area contributed by atoms with Crippen LogP contribution in [0.5, 0.6) is 0 Å². The van der Waals surface area contributed by atoms with E-state index in [9.17, 15) is 9.59 Å². The molecule has 0 radical (unpaired) electrons. The molecule has 3 aliphatic heterocycles. The molecule has 0 unspecified atom stereocenters. The molecular weight excluding hydrogens is 350 g/mol. The third kappa shape index (κ3) is 4.57. The monoisotopic (exact) mass is 383 g/mol. The molecule has 0 aliphatic carbocycles. The first kappa shape index (κ1) is 19.4. The maximum absolute atomic E-state index is 12.7. The van der Waals surface area contributed by atoms with Gasteiger partial charge in [0.1, 0.15) is 0 Å².